The molecule has 2 heteroatoms. The second kappa shape index (κ2) is 14.9. The average Bonchev–Trinajstić information content (AvgIpc) is 3.28. The first-order valence-electron chi connectivity index (χ1n) is 21.7. The molecule has 0 spiro atoms. The van der Waals surface area contributed by atoms with Crippen molar-refractivity contribution < 1.29 is 9.53 Å². The van der Waals surface area contributed by atoms with E-state index >= 15 is 0 Å². The second-order valence-corrected chi connectivity index (χ2v) is 18.9. The molecule has 1 aliphatic carbocycles. The molecule has 62 heavy (non-hydrogen) atoms. The number of hydrogen-bond donors (Lipinski definition) is 0. The Kier molecular flexibility index (Phi) is 9.37. The highest BCUT2D eigenvalue weighted by atomic mass is 16.5. The zero-order chi connectivity index (χ0) is 42.8. The van der Waals surface area contributed by atoms with E-state index in [-0.39, 0.29) is 16.6 Å². The van der Waals surface area contributed by atoms with Crippen molar-refractivity contribution in [1.82, 2.24) is 0 Å². The van der Waals surface area contributed by atoms with E-state index < -0.39 is 5.60 Å². The lowest BCUT2D eigenvalue weighted by Crippen LogP contribution is -2.32. The van der Waals surface area contributed by atoms with E-state index in [1.54, 1.807) is 12.2 Å². The van der Waals surface area contributed by atoms with Gasteiger partial charge >= 0.3 is 0 Å². The lowest BCUT2D eigenvalue weighted by Gasteiger charge is -2.35. The number of carbonyl (C=O) groups excluding carboxylic acids is 1. The molecule has 2 nitrogen and oxygen atoms in total. The molecule has 1 aliphatic rings. The number of fused-ring (bicyclic) bond motifs is 4. The Hall–Kier alpha value is -7.03. The Labute approximate surface area is 364 Å². The summed E-state index contributed by atoms with van der Waals surface area (Å²) in [5.41, 5.74) is 8.64. The summed E-state index contributed by atoms with van der Waals surface area (Å²) < 4.78 is 7.90. The number of allylic oxidation sites excluding steroid dienone is 2. The summed E-state index contributed by atoms with van der Waals surface area (Å²) >= 11 is 0. The maximum atomic E-state index is 13.2. The normalized spacial score (nSPS) is 14.0. The van der Waals surface area contributed by atoms with Gasteiger partial charge in [-0.15, -0.1) is 0 Å². The highest BCUT2D eigenvalue weighted by Gasteiger charge is 2.37. The lowest BCUT2D eigenvalue weighted by molar-refractivity contribution is -0.110. The molecular formula is C60H50O2. The van der Waals surface area contributed by atoms with Crippen LogP contribution in [0.3, 0.4) is 0 Å². The van der Waals surface area contributed by atoms with Gasteiger partial charge in [0.1, 0.15) is 5.75 Å². The minimum Gasteiger partial charge on any atom is -0.473 e. The van der Waals surface area contributed by atoms with Crippen LogP contribution in [0.2, 0.25) is 0 Å². The van der Waals surface area contributed by atoms with Gasteiger partial charge in [-0.25, -0.2) is 0 Å². The Balaban J connectivity index is 1.34. The number of hydrogen-bond acceptors (Lipinski definition) is 2. The summed E-state index contributed by atoms with van der Waals surface area (Å²) in [6, 6.07) is 61.6. The first kappa shape index (κ1) is 39.1. The van der Waals surface area contributed by atoms with E-state index in [9.17, 15) is 4.79 Å². The second-order valence-electron chi connectivity index (χ2n) is 18.9. The van der Waals surface area contributed by atoms with Crippen molar-refractivity contribution in [3.05, 3.63) is 211 Å². The predicted molar refractivity (Wildman–Crippen MR) is 262 cm³/mol. The predicted octanol–water partition coefficient (Wildman–Crippen LogP) is 15.9. The summed E-state index contributed by atoms with van der Waals surface area (Å²) in [6.07, 6.45) is 7.27. The maximum Gasteiger partial charge on any atom is 0.178 e. The van der Waals surface area contributed by atoms with Gasteiger partial charge in [0.2, 0.25) is 0 Å². The molecule has 0 amide bonds. The molecule has 9 aromatic carbocycles. The first-order valence-corrected chi connectivity index (χ1v) is 21.7. The molecule has 0 aliphatic heterocycles. The Morgan fingerprint density at radius 3 is 1.19 bits per heavy atom. The van der Waals surface area contributed by atoms with E-state index in [0.717, 1.165) is 60.7 Å². The third-order valence-corrected chi connectivity index (χ3v) is 12.7. The van der Waals surface area contributed by atoms with Crippen LogP contribution in [-0.4, -0.2) is 5.78 Å². The minimum atomic E-state index is -1.15. The van der Waals surface area contributed by atoms with Crippen molar-refractivity contribution >= 4 is 48.9 Å². The van der Waals surface area contributed by atoms with E-state index in [0.29, 0.717) is 0 Å². The van der Waals surface area contributed by atoms with Crippen LogP contribution in [0, 0.1) is 0 Å². The van der Waals surface area contributed by atoms with Crippen LogP contribution < -0.4 is 4.74 Å². The van der Waals surface area contributed by atoms with Crippen molar-refractivity contribution in [3.8, 4) is 39.1 Å². The zero-order valence-corrected chi connectivity index (χ0v) is 36.3. The third kappa shape index (κ3) is 6.90. The fourth-order valence-electron chi connectivity index (χ4n) is 9.35. The molecule has 0 bridgehead atoms. The van der Waals surface area contributed by atoms with E-state index in [2.05, 4.69) is 211 Å². The lowest BCUT2D eigenvalue weighted by atomic mass is 9.81. The molecule has 302 valence electrons. The largest absolute Gasteiger partial charge is 0.473 e. The summed E-state index contributed by atoms with van der Waals surface area (Å²) in [4.78, 5) is 13.2. The van der Waals surface area contributed by atoms with Gasteiger partial charge in [-0.2, -0.15) is 0 Å². The highest BCUT2D eigenvalue weighted by molar-refractivity contribution is 6.14. The minimum absolute atomic E-state index is 0.0226. The smallest absolute Gasteiger partial charge is 0.178 e. The van der Waals surface area contributed by atoms with Crippen LogP contribution >= 0.6 is 0 Å². The van der Waals surface area contributed by atoms with Gasteiger partial charge in [-0.1, -0.05) is 187 Å². The van der Waals surface area contributed by atoms with Gasteiger partial charge < -0.3 is 4.74 Å². The first-order chi connectivity index (χ1) is 29.9. The average molecular weight is 803 g/mol. The van der Waals surface area contributed by atoms with Crippen LogP contribution in [0.15, 0.2) is 194 Å². The number of rotatable bonds is 6. The number of ketones is 1. The van der Waals surface area contributed by atoms with E-state index in [4.69, 9.17) is 4.74 Å². The molecule has 0 saturated heterocycles. The molecule has 0 aromatic heterocycles. The van der Waals surface area contributed by atoms with E-state index in [1.807, 2.05) is 12.2 Å². The Bertz CT molecular complexity index is 3070. The van der Waals surface area contributed by atoms with Crippen molar-refractivity contribution in [3.63, 3.8) is 0 Å². The molecule has 0 unspecified atom stereocenters. The zero-order valence-electron chi connectivity index (χ0n) is 36.3. The number of carbonyl (C=O) groups is 1. The van der Waals surface area contributed by atoms with Crippen molar-refractivity contribution in [1.29, 1.82) is 0 Å². The molecule has 0 radical (unpaired) electrons. The molecule has 0 saturated carbocycles. The fourth-order valence-corrected chi connectivity index (χ4v) is 9.35. The summed E-state index contributed by atoms with van der Waals surface area (Å²) in [6.45, 7) is 13.5. The van der Waals surface area contributed by atoms with Crippen molar-refractivity contribution in [2.75, 3.05) is 0 Å². The standard InChI is InChI=1S/C60H50O2/c1-58(2,3)46-27-23-39(24-28-46)53-37-45(55-49-19-11-7-15-41(49)35-42-16-8-12-20-50(42)55)38-54(40-25-29-47(30-26-40)59(4,5)6)57(53)62-60(33-31-48(61)32-34-60)56-51-21-13-9-17-43(51)36-44-18-10-14-22-52(44)56/h7-38H,1-6H3. The van der Waals surface area contributed by atoms with Gasteiger partial charge in [0, 0.05) is 16.7 Å². The quantitative estimate of drug-likeness (QED) is 0.157. The SMILES string of the molecule is CC(C)(C)c1ccc(-c2cc(-c3c4ccccc4cc4ccccc34)cc(-c3ccc(C(C)(C)C)cc3)c2OC2(c3c4ccccc4cc4ccccc34)C=CC(=O)C=C2)cc1. The Morgan fingerprint density at radius 1 is 0.419 bits per heavy atom. The third-order valence-electron chi connectivity index (χ3n) is 12.7. The van der Waals surface area contributed by atoms with Crippen molar-refractivity contribution in [2.24, 2.45) is 0 Å². The summed E-state index contributed by atoms with van der Waals surface area (Å²) in [5, 5.41) is 9.13. The maximum absolute atomic E-state index is 13.2. The van der Waals surface area contributed by atoms with Gasteiger partial charge in [0.25, 0.3) is 0 Å². The van der Waals surface area contributed by atoms with Crippen molar-refractivity contribution in [2.45, 2.75) is 58.0 Å². The van der Waals surface area contributed by atoms with Crippen LogP contribution in [0.5, 0.6) is 5.75 Å². The van der Waals surface area contributed by atoms with E-state index in [1.165, 1.54) is 38.2 Å². The van der Waals surface area contributed by atoms with Crippen LogP contribution in [0.4, 0.5) is 0 Å². The molecule has 0 atom stereocenters. The van der Waals surface area contributed by atoms with Crippen LogP contribution in [-0.2, 0) is 21.2 Å². The van der Waals surface area contributed by atoms with Gasteiger partial charge in [0.05, 0.1) is 0 Å². The van der Waals surface area contributed by atoms with Gasteiger partial charge in [0.15, 0.2) is 11.4 Å². The van der Waals surface area contributed by atoms with Crippen LogP contribution in [0.1, 0.15) is 58.2 Å². The highest BCUT2D eigenvalue weighted by Crippen LogP contribution is 2.50. The summed E-state index contributed by atoms with van der Waals surface area (Å²) in [5.74, 6) is 0.675. The molecule has 9 aromatic rings. The molecule has 0 N–H and O–H groups in total. The Morgan fingerprint density at radius 2 is 0.790 bits per heavy atom. The molecule has 0 heterocycles. The monoisotopic (exact) mass is 802 g/mol. The van der Waals surface area contributed by atoms with Gasteiger partial charge in [-0.05, 0) is 136 Å². The molecule has 0 fully saturated rings. The van der Waals surface area contributed by atoms with Crippen LogP contribution in [0.25, 0.3) is 76.5 Å². The number of ether oxygens (including phenoxy) is 1. The number of benzene rings is 9. The fraction of sp³-hybridized carbons (Fsp3) is 0.150. The van der Waals surface area contributed by atoms with Gasteiger partial charge in [-0.3, -0.25) is 4.79 Å². The summed E-state index contributed by atoms with van der Waals surface area (Å²) in [7, 11) is 0. The topological polar surface area (TPSA) is 26.3 Å². The molecule has 10 rings (SSSR count). The molecular weight excluding hydrogens is 753 g/mol.